The highest BCUT2D eigenvalue weighted by Gasteiger charge is 2.62. The Morgan fingerprint density at radius 1 is 1.02 bits per heavy atom. The molecule has 0 spiro atoms. The SMILES string of the molecule is CC(C)(C)OC(=O)N[C@H]1CCCCC/C=C\[C@H]2C[C@@]2(C(=O)NS(=O)(=O)C2(C)CC2)CC(=O)[C@@H]2C[C@H](OS(=O)(=O)c3ccc(Br)cc3)CN2C1=O. The fraction of sp³-hybridized carbons (Fsp3) is 0.647. The number of Topliss-reactive ketones (excluding diaryl/α,β-unsaturated/α-hetero) is 1. The van der Waals surface area contributed by atoms with E-state index in [1.54, 1.807) is 39.8 Å². The highest BCUT2D eigenvalue weighted by molar-refractivity contribution is 9.10. The van der Waals surface area contributed by atoms with E-state index in [4.69, 9.17) is 8.92 Å². The number of alkyl carbamates (subject to hydrolysis) is 1. The molecule has 13 nitrogen and oxygen atoms in total. The van der Waals surface area contributed by atoms with Crippen LogP contribution in [0.2, 0.25) is 0 Å². The van der Waals surface area contributed by atoms with Gasteiger partial charge in [0.05, 0.1) is 27.2 Å². The van der Waals surface area contributed by atoms with E-state index >= 15 is 0 Å². The third-order valence-electron chi connectivity index (χ3n) is 9.91. The van der Waals surface area contributed by atoms with Crippen molar-refractivity contribution in [3.8, 4) is 0 Å². The summed E-state index contributed by atoms with van der Waals surface area (Å²) in [7, 11) is -8.29. The van der Waals surface area contributed by atoms with Crippen molar-refractivity contribution in [2.24, 2.45) is 11.3 Å². The number of hydrogen-bond acceptors (Lipinski definition) is 10. The molecule has 50 heavy (non-hydrogen) atoms. The van der Waals surface area contributed by atoms with Gasteiger partial charge in [-0.05, 0) is 96.4 Å². The number of carbonyl (C=O) groups is 4. The highest BCUT2D eigenvalue weighted by Crippen LogP contribution is 2.57. The van der Waals surface area contributed by atoms with Gasteiger partial charge in [0.15, 0.2) is 5.78 Å². The molecule has 2 heterocycles. The van der Waals surface area contributed by atoms with E-state index in [1.807, 2.05) is 12.2 Å². The van der Waals surface area contributed by atoms with Crippen LogP contribution >= 0.6 is 15.9 Å². The van der Waals surface area contributed by atoms with Gasteiger partial charge in [-0.2, -0.15) is 8.42 Å². The van der Waals surface area contributed by atoms with Gasteiger partial charge < -0.3 is 15.0 Å². The summed E-state index contributed by atoms with van der Waals surface area (Å²) in [6.45, 7) is 6.36. The van der Waals surface area contributed by atoms with E-state index in [0.29, 0.717) is 30.2 Å². The van der Waals surface area contributed by atoms with Crippen LogP contribution in [0.15, 0.2) is 45.8 Å². The third-order valence-corrected chi connectivity index (χ3v) is 14.0. The van der Waals surface area contributed by atoms with Gasteiger partial charge in [-0.1, -0.05) is 40.9 Å². The minimum Gasteiger partial charge on any atom is -0.444 e. The van der Waals surface area contributed by atoms with E-state index in [-0.39, 0.29) is 37.1 Å². The predicted octanol–water partition coefficient (Wildman–Crippen LogP) is 4.50. The second kappa shape index (κ2) is 14.3. The molecule has 5 atom stereocenters. The number of benzene rings is 1. The average Bonchev–Trinajstić information content (AvgIpc) is 3.89. The maximum atomic E-state index is 14.3. The Balaban J connectivity index is 1.45. The number of rotatable bonds is 7. The van der Waals surface area contributed by atoms with E-state index in [0.717, 1.165) is 12.8 Å². The molecule has 3 fully saturated rings. The number of hydrogen-bond donors (Lipinski definition) is 2. The molecule has 276 valence electrons. The fourth-order valence-electron chi connectivity index (χ4n) is 6.56. The molecule has 0 bridgehead atoms. The lowest BCUT2D eigenvalue weighted by Crippen LogP contribution is -2.53. The molecule has 4 aliphatic rings. The van der Waals surface area contributed by atoms with Crippen molar-refractivity contribution < 1.29 is 44.9 Å². The van der Waals surface area contributed by atoms with Gasteiger partial charge in [-0.25, -0.2) is 13.2 Å². The fourth-order valence-corrected chi connectivity index (χ4v) is 9.23. The van der Waals surface area contributed by atoms with Crippen LogP contribution in [0.25, 0.3) is 0 Å². The van der Waals surface area contributed by atoms with Gasteiger partial charge in [0.2, 0.25) is 21.8 Å². The summed E-state index contributed by atoms with van der Waals surface area (Å²) < 4.78 is 65.5. The molecule has 0 aromatic heterocycles. The minimum atomic E-state index is -4.31. The number of fused-ring (bicyclic) bond motifs is 2. The number of carbonyl (C=O) groups excluding carboxylic acids is 4. The summed E-state index contributed by atoms with van der Waals surface area (Å²) in [5.74, 6) is -2.29. The van der Waals surface area contributed by atoms with Crippen molar-refractivity contribution in [1.82, 2.24) is 14.9 Å². The number of ketones is 1. The lowest BCUT2D eigenvalue weighted by Gasteiger charge is -2.30. The van der Waals surface area contributed by atoms with Crippen LogP contribution in [0.3, 0.4) is 0 Å². The summed E-state index contributed by atoms with van der Waals surface area (Å²) in [5.41, 5.74) is -2.19. The molecule has 2 N–H and O–H groups in total. The zero-order valence-electron chi connectivity index (χ0n) is 28.8. The number of ether oxygens (including phenoxy) is 1. The molecule has 5 rings (SSSR count). The topological polar surface area (TPSA) is 182 Å². The lowest BCUT2D eigenvalue weighted by atomic mass is 9.91. The first kappa shape index (κ1) is 38.4. The van der Waals surface area contributed by atoms with Crippen molar-refractivity contribution in [2.45, 2.75) is 125 Å². The molecule has 3 amide bonds. The van der Waals surface area contributed by atoms with E-state index in [9.17, 15) is 36.0 Å². The Hall–Kier alpha value is -2.82. The van der Waals surface area contributed by atoms with Crippen LogP contribution in [0.4, 0.5) is 4.79 Å². The molecule has 0 radical (unpaired) electrons. The van der Waals surface area contributed by atoms with Crippen molar-refractivity contribution in [2.75, 3.05) is 6.54 Å². The van der Waals surface area contributed by atoms with Crippen LogP contribution in [0, 0.1) is 11.3 Å². The largest absolute Gasteiger partial charge is 0.444 e. The summed E-state index contributed by atoms with van der Waals surface area (Å²) in [6, 6.07) is 3.53. The number of amides is 3. The summed E-state index contributed by atoms with van der Waals surface area (Å²) >= 11 is 3.28. The normalized spacial score (nSPS) is 29.4. The second-order valence-corrected chi connectivity index (χ2v) is 19.8. The molecule has 1 saturated heterocycles. The standard InChI is InChI=1S/C34H46BrN3O10S2/c1-32(2,3)47-31(42)36-26-11-9-7-5-6-8-10-22-19-34(22,30(41)37-50(45,46)33(4)16-17-33)20-28(39)27-18-24(21-38(27)29(26)40)48-49(43,44)25-14-12-23(35)13-15-25/h8,10,12-15,22,24,26-27H,5-7,9,11,16-21H2,1-4H3,(H,36,42)(H,37,41)/b10-8-/t22-,24-,26-,27-,34+/m0/s1. The van der Waals surface area contributed by atoms with E-state index < -0.39 is 83.7 Å². The third kappa shape index (κ3) is 8.79. The number of nitrogens with one attached hydrogen (secondary N) is 2. The second-order valence-electron chi connectivity index (χ2n) is 15.1. The van der Waals surface area contributed by atoms with Gasteiger partial charge in [0.1, 0.15) is 11.6 Å². The zero-order valence-corrected chi connectivity index (χ0v) is 32.0. The van der Waals surface area contributed by atoms with Gasteiger partial charge in [0, 0.05) is 23.9 Å². The molecule has 1 aromatic rings. The van der Waals surface area contributed by atoms with Gasteiger partial charge in [-0.3, -0.25) is 23.3 Å². The summed E-state index contributed by atoms with van der Waals surface area (Å²) in [4.78, 5) is 56.2. The smallest absolute Gasteiger partial charge is 0.408 e. The Labute approximate surface area is 302 Å². The Kier molecular flexibility index (Phi) is 11.0. The van der Waals surface area contributed by atoms with E-state index in [1.165, 1.54) is 17.0 Å². The van der Waals surface area contributed by atoms with Gasteiger partial charge in [0.25, 0.3) is 10.1 Å². The van der Waals surface area contributed by atoms with Gasteiger partial charge in [-0.15, -0.1) is 0 Å². The van der Waals surface area contributed by atoms with Crippen LogP contribution < -0.4 is 10.0 Å². The monoisotopic (exact) mass is 799 g/mol. The van der Waals surface area contributed by atoms with Crippen molar-refractivity contribution in [1.29, 1.82) is 0 Å². The molecule has 2 saturated carbocycles. The number of sulfonamides is 1. The first-order valence-electron chi connectivity index (χ1n) is 17.0. The predicted molar refractivity (Wildman–Crippen MR) is 187 cm³/mol. The van der Waals surface area contributed by atoms with Crippen LogP contribution in [0.1, 0.15) is 91.9 Å². The molecule has 0 unspecified atom stereocenters. The summed E-state index contributed by atoms with van der Waals surface area (Å²) in [5, 5.41) is 2.66. The maximum Gasteiger partial charge on any atom is 0.408 e. The highest BCUT2D eigenvalue weighted by atomic mass is 79.9. The summed E-state index contributed by atoms with van der Waals surface area (Å²) in [6.07, 6.45) is 5.37. The quantitative estimate of drug-likeness (QED) is 0.294. The molecule has 2 aliphatic carbocycles. The Morgan fingerprint density at radius 2 is 1.70 bits per heavy atom. The molecule has 2 aliphatic heterocycles. The minimum absolute atomic E-state index is 0.110. The van der Waals surface area contributed by atoms with Crippen molar-refractivity contribution in [3.63, 3.8) is 0 Å². The molecule has 1 aromatic carbocycles. The van der Waals surface area contributed by atoms with Crippen LogP contribution in [0.5, 0.6) is 0 Å². The number of allylic oxidation sites excluding steroid dienone is 2. The Morgan fingerprint density at radius 3 is 2.34 bits per heavy atom. The van der Waals surface area contributed by atoms with Crippen molar-refractivity contribution >= 4 is 59.8 Å². The Bertz CT molecular complexity index is 1750. The number of nitrogens with zero attached hydrogens (tertiary/aromatic N) is 1. The zero-order chi connectivity index (χ0) is 36.7. The first-order chi connectivity index (χ1) is 23.3. The molecule has 16 heteroatoms. The molecular weight excluding hydrogens is 754 g/mol. The maximum absolute atomic E-state index is 14.3. The van der Waals surface area contributed by atoms with Crippen LogP contribution in [-0.2, 0) is 43.4 Å². The van der Waals surface area contributed by atoms with E-state index in [2.05, 4.69) is 26.0 Å². The van der Waals surface area contributed by atoms with Crippen LogP contribution in [-0.4, -0.2) is 80.5 Å². The van der Waals surface area contributed by atoms with Gasteiger partial charge >= 0.3 is 6.09 Å². The molecular formula is C34H46BrN3O10S2. The average molecular weight is 801 g/mol. The van der Waals surface area contributed by atoms with Crippen molar-refractivity contribution in [3.05, 3.63) is 40.9 Å². The number of halogens is 1. The lowest BCUT2D eigenvalue weighted by molar-refractivity contribution is -0.140. The first-order valence-corrected chi connectivity index (χ1v) is 20.7.